The summed E-state index contributed by atoms with van der Waals surface area (Å²) in [6, 6.07) is 13.1. The van der Waals surface area contributed by atoms with Gasteiger partial charge in [-0.1, -0.05) is 24.3 Å². The van der Waals surface area contributed by atoms with E-state index >= 15 is 0 Å². The molecule has 1 atom stereocenters. The molecule has 39 heavy (non-hydrogen) atoms. The molecule has 2 aromatic heterocycles. The number of carbonyl (C=O) groups excluding carboxylic acids is 1. The molecule has 11 heteroatoms. The third-order valence-corrected chi connectivity index (χ3v) is 6.64. The van der Waals surface area contributed by atoms with E-state index in [1.165, 1.54) is 12.1 Å². The van der Waals surface area contributed by atoms with Crippen LogP contribution in [0.15, 0.2) is 60.9 Å². The van der Waals surface area contributed by atoms with Gasteiger partial charge in [-0.3, -0.25) is 10.00 Å². The molecule has 0 radical (unpaired) electrons. The maximum Gasteiger partial charge on any atom is 0.317 e. The number of hydrogen-bond acceptors (Lipinski definition) is 5. The minimum absolute atomic E-state index is 0.307. The van der Waals surface area contributed by atoms with Crippen LogP contribution in [-0.4, -0.2) is 63.8 Å². The van der Waals surface area contributed by atoms with E-state index in [1.807, 2.05) is 50.5 Å². The predicted octanol–water partition coefficient (Wildman–Crippen LogP) is 4.47. The van der Waals surface area contributed by atoms with Crippen molar-refractivity contribution in [3.63, 3.8) is 0 Å². The van der Waals surface area contributed by atoms with Gasteiger partial charge in [-0.25, -0.2) is 18.3 Å². The number of anilines is 1. The number of nitrogens with one attached hydrogen (secondary N) is 1. The molecule has 9 nitrogen and oxygen atoms in total. The van der Waals surface area contributed by atoms with E-state index in [4.69, 9.17) is 10.5 Å². The Labute approximate surface area is 226 Å². The maximum absolute atomic E-state index is 13.1. The molecule has 5 rings (SSSR count). The van der Waals surface area contributed by atoms with Gasteiger partial charge in [0.05, 0.1) is 18.5 Å². The summed E-state index contributed by atoms with van der Waals surface area (Å²) >= 11 is 0. The van der Waals surface area contributed by atoms with Crippen LogP contribution in [0.4, 0.5) is 19.4 Å². The fourth-order valence-corrected chi connectivity index (χ4v) is 4.63. The van der Waals surface area contributed by atoms with Gasteiger partial charge in [-0.15, -0.1) is 0 Å². The summed E-state index contributed by atoms with van der Waals surface area (Å²) in [7, 11) is 3.53. The number of hydrogen-bond donors (Lipinski definition) is 2. The van der Waals surface area contributed by atoms with Gasteiger partial charge in [-0.2, -0.15) is 10.2 Å². The molecule has 1 saturated heterocycles. The van der Waals surface area contributed by atoms with E-state index in [2.05, 4.69) is 20.4 Å². The van der Waals surface area contributed by atoms with Crippen LogP contribution in [0.3, 0.4) is 0 Å². The van der Waals surface area contributed by atoms with Crippen LogP contribution in [0.5, 0.6) is 0 Å². The lowest BCUT2D eigenvalue weighted by Crippen LogP contribution is -2.24. The molecule has 1 aliphatic rings. The molecule has 4 aromatic rings. The van der Waals surface area contributed by atoms with Crippen LogP contribution in [0.1, 0.15) is 23.5 Å². The summed E-state index contributed by atoms with van der Waals surface area (Å²) in [4.78, 5) is 13.6. The molecule has 0 saturated carbocycles. The molecule has 3 heterocycles. The van der Waals surface area contributed by atoms with Gasteiger partial charge in [0.15, 0.2) is 11.6 Å². The number of methoxy groups -OCH3 is 1. The number of carbonyl (C=O) groups is 1. The minimum Gasteiger partial charge on any atom is -0.383 e. The second-order valence-corrected chi connectivity index (χ2v) is 9.41. The molecule has 0 aliphatic carbocycles. The predicted molar refractivity (Wildman–Crippen MR) is 146 cm³/mol. The van der Waals surface area contributed by atoms with E-state index in [9.17, 15) is 13.6 Å². The Morgan fingerprint density at radius 2 is 1.95 bits per heavy atom. The van der Waals surface area contributed by atoms with Gasteiger partial charge in [0, 0.05) is 44.6 Å². The molecular formula is C28H33F2N7O2. The molecule has 3 N–H and O–H groups in total. The average Bonchev–Trinajstić information content (AvgIpc) is 3.65. The van der Waals surface area contributed by atoms with Crippen molar-refractivity contribution in [2.45, 2.75) is 19.3 Å². The Bertz CT molecular complexity index is 1400. The van der Waals surface area contributed by atoms with Crippen LogP contribution < -0.4 is 11.1 Å². The number of para-hydroxylation sites is 1. The molecule has 1 fully saturated rings. The monoisotopic (exact) mass is 537 g/mol. The molecule has 0 bridgehead atoms. The van der Waals surface area contributed by atoms with Crippen molar-refractivity contribution in [1.29, 1.82) is 0 Å². The first-order valence-corrected chi connectivity index (χ1v) is 12.6. The second-order valence-electron chi connectivity index (χ2n) is 9.41. The highest BCUT2D eigenvalue weighted by molar-refractivity contribution is 5.89. The Balaban J connectivity index is 0.000000187. The molecule has 206 valence electrons. The topological polar surface area (TPSA) is 103 Å². The highest BCUT2D eigenvalue weighted by Crippen LogP contribution is 2.30. The first-order valence-electron chi connectivity index (χ1n) is 12.6. The van der Waals surface area contributed by atoms with Gasteiger partial charge in [0.25, 0.3) is 0 Å². The lowest BCUT2D eigenvalue weighted by molar-refractivity contribution is 0.160. The number of likely N-dealkylation sites (tertiary alicyclic amines) is 1. The Morgan fingerprint density at radius 1 is 1.18 bits per heavy atom. The summed E-state index contributed by atoms with van der Waals surface area (Å²) in [6.07, 6.45) is 4.60. The van der Waals surface area contributed by atoms with E-state index in [-0.39, 0.29) is 0 Å². The van der Waals surface area contributed by atoms with Crippen LogP contribution in [0, 0.1) is 18.6 Å². The number of ether oxygens (including phenoxy) is 1. The Kier molecular flexibility index (Phi) is 9.05. The second kappa shape index (κ2) is 12.6. The zero-order valence-electron chi connectivity index (χ0n) is 22.3. The van der Waals surface area contributed by atoms with Crippen molar-refractivity contribution in [3.8, 4) is 16.9 Å². The van der Waals surface area contributed by atoms with Gasteiger partial charge in [-0.05, 0) is 55.6 Å². The zero-order chi connectivity index (χ0) is 27.9. The Morgan fingerprint density at radius 3 is 2.59 bits per heavy atom. The summed E-state index contributed by atoms with van der Waals surface area (Å²) in [5.74, 6) is -0.666. The number of rotatable bonds is 7. The lowest BCUT2D eigenvalue weighted by atomic mass is 9.98. The number of aromatic nitrogens is 4. The first-order chi connectivity index (χ1) is 18.8. The van der Waals surface area contributed by atoms with Gasteiger partial charge in [0.1, 0.15) is 11.5 Å². The average molecular weight is 538 g/mol. The quantitative estimate of drug-likeness (QED) is 0.362. The molecule has 2 amide bonds. The normalized spacial score (nSPS) is 15.2. The van der Waals surface area contributed by atoms with Crippen LogP contribution in [0.25, 0.3) is 16.9 Å². The smallest absolute Gasteiger partial charge is 0.317 e. The standard InChI is InChI=1S/C15H16N6O.C13H17F2NO/c1-10-13(11-8-17-20(2)9-11)19-21(14(10)18-15(16)22)12-6-4-3-5-7-12;1-17-7-6-16-5-4-11(9-16)10-2-3-12(14)13(15)8-10/h3-9H,1-2H3,(H3,16,18,22);2-3,8,11H,4-7,9H2,1H3. The van der Waals surface area contributed by atoms with Crippen molar-refractivity contribution in [2.75, 3.05) is 38.7 Å². The fourth-order valence-electron chi connectivity index (χ4n) is 4.63. The molecular weight excluding hydrogens is 504 g/mol. The minimum atomic E-state index is -0.775. The van der Waals surface area contributed by atoms with Crippen LogP contribution in [0.2, 0.25) is 0 Å². The van der Waals surface area contributed by atoms with Crippen molar-refractivity contribution >= 4 is 11.8 Å². The number of urea groups is 1. The Hall–Kier alpha value is -4.09. The van der Waals surface area contributed by atoms with Gasteiger partial charge in [0.2, 0.25) is 0 Å². The highest BCUT2D eigenvalue weighted by atomic mass is 19.2. The molecule has 1 unspecified atom stereocenters. The maximum atomic E-state index is 13.1. The molecule has 2 aromatic carbocycles. The number of nitrogens with two attached hydrogens (primary N) is 1. The number of aryl methyl sites for hydroxylation is 1. The summed E-state index contributed by atoms with van der Waals surface area (Å²) in [5.41, 5.74) is 9.47. The van der Waals surface area contributed by atoms with E-state index < -0.39 is 17.7 Å². The van der Waals surface area contributed by atoms with Crippen LogP contribution >= 0.6 is 0 Å². The summed E-state index contributed by atoms with van der Waals surface area (Å²) < 4.78 is 34.4. The number of nitrogens with zero attached hydrogens (tertiary/aromatic N) is 5. The van der Waals surface area contributed by atoms with Crippen LogP contribution in [-0.2, 0) is 11.8 Å². The van der Waals surface area contributed by atoms with E-state index in [0.29, 0.717) is 18.3 Å². The van der Waals surface area contributed by atoms with Crippen molar-refractivity contribution < 1.29 is 18.3 Å². The third-order valence-electron chi connectivity index (χ3n) is 6.64. The van der Waals surface area contributed by atoms with Crippen molar-refractivity contribution in [3.05, 3.63) is 83.7 Å². The third kappa shape index (κ3) is 6.87. The summed E-state index contributed by atoms with van der Waals surface area (Å²) in [6.45, 7) is 5.39. The van der Waals surface area contributed by atoms with E-state index in [1.54, 1.807) is 28.7 Å². The lowest BCUT2D eigenvalue weighted by Gasteiger charge is -2.15. The highest BCUT2D eigenvalue weighted by Gasteiger charge is 2.24. The number of benzene rings is 2. The van der Waals surface area contributed by atoms with Gasteiger partial charge < -0.3 is 15.4 Å². The van der Waals surface area contributed by atoms with Crippen molar-refractivity contribution in [2.24, 2.45) is 12.8 Å². The molecule has 0 spiro atoms. The van der Waals surface area contributed by atoms with Crippen molar-refractivity contribution in [1.82, 2.24) is 24.5 Å². The summed E-state index contributed by atoms with van der Waals surface area (Å²) in [5, 5.41) is 11.4. The van der Waals surface area contributed by atoms with Gasteiger partial charge >= 0.3 is 6.03 Å². The van der Waals surface area contributed by atoms with E-state index in [0.717, 1.165) is 54.1 Å². The number of amides is 2. The number of halogens is 2. The zero-order valence-corrected chi connectivity index (χ0v) is 22.3. The first kappa shape index (κ1) is 27.9. The largest absolute Gasteiger partial charge is 0.383 e. The number of primary amides is 1. The SMILES string of the molecule is COCCN1CCC(c2ccc(F)c(F)c2)C1.Cc1c(-c2cnn(C)c2)nn(-c2ccccc2)c1NC(N)=O. The fraction of sp³-hybridized carbons (Fsp3) is 0.321. The molecule has 1 aliphatic heterocycles.